The first-order valence-electron chi connectivity index (χ1n) is 7.77. The van der Waals surface area contributed by atoms with Crippen molar-refractivity contribution in [2.45, 2.75) is 32.7 Å². The predicted octanol–water partition coefficient (Wildman–Crippen LogP) is 1.20. The molecule has 0 spiro atoms. The molecule has 0 saturated heterocycles. The highest BCUT2D eigenvalue weighted by Crippen LogP contribution is 2.05. The Labute approximate surface area is 146 Å². The van der Waals surface area contributed by atoms with Crippen LogP contribution in [0.15, 0.2) is 30.3 Å². The lowest BCUT2D eigenvalue weighted by Crippen LogP contribution is -2.54. The summed E-state index contributed by atoms with van der Waals surface area (Å²) in [6, 6.07) is 8.26. The van der Waals surface area contributed by atoms with Crippen LogP contribution in [0, 0.1) is 5.92 Å². The van der Waals surface area contributed by atoms with E-state index in [1.165, 1.54) is 14.2 Å². The third-order valence-corrected chi connectivity index (χ3v) is 3.36. The molecule has 8 heteroatoms. The van der Waals surface area contributed by atoms with Crippen molar-refractivity contribution in [3.63, 3.8) is 0 Å². The van der Waals surface area contributed by atoms with E-state index in [1.807, 2.05) is 30.3 Å². The van der Waals surface area contributed by atoms with Crippen molar-refractivity contribution in [2.75, 3.05) is 14.2 Å². The van der Waals surface area contributed by atoms with Gasteiger partial charge in [0.1, 0.15) is 12.6 Å². The van der Waals surface area contributed by atoms with E-state index in [0.717, 1.165) is 5.56 Å². The molecule has 0 saturated carbocycles. The lowest BCUT2D eigenvalue weighted by Gasteiger charge is -2.23. The number of hydrogen-bond acceptors (Lipinski definition) is 6. The van der Waals surface area contributed by atoms with Crippen LogP contribution in [0.1, 0.15) is 19.4 Å². The molecule has 0 aliphatic heterocycles. The first kappa shape index (κ1) is 20.4. The number of amides is 2. The van der Waals surface area contributed by atoms with Crippen LogP contribution in [-0.2, 0) is 30.4 Å². The number of ether oxygens (including phenoxy) is 3. The van der Waals surface area contributed by atoms with Gasteiger partial charge in [0.05, 0.1) is 7.11 Å². The third-order valence-electron chi connectivity index (χ3n) is 3.36. The summed E-state index contributed by atoms with van der Waals surface area (Å²) in [5.41, 5.74) is 0.827. The van der Waals surface area contributed by atoms with Crippen molar-refractivity contribution < 1.29 is 28.6 Å². The highest BCUT2D eigenvalue weighted by atomic mass is 16.6. The molecule has 1 rings (SSSR count). The Hall–Kier alpha value is -2.61. The number of rotatable bonds is 8. The van der Waals surface area contributed by atoms with Crippen LogP contribution in [0.4, 0.5) is 4.79 Å². The SMILES string of the molecule is COC(=O)C(NC(=O)[C@@H](NC(=O)OCc1ccccc1)C(C)C)OC. The van der Waals surface area contributed by atoms with Gasteiger partial charge in [0.2, 0.25) is 12.1 Å². The number of nitrogens with one attached hydrogen (secondary N) is 2. The first-order valence-corrected chi connectivity index (χ1v) is 7.77. The van der Waals surface area contributed by atoms with E-state index in [-0.39, 0.29) is 12.5 Å². The van der Waals surface area contributed by atoms with E-state index in [9.17, 15) is 14.4 Å². The Morgan fingerprint density at radius 1 is 1.04 bits per heavy atom. The van der Waals surface area contributed by atoms with Gasteiger partial charge >= 0.3 is 12.1 Å². The summed E-state index contributed by atoms with van der Waals surface area (Å²) in [6.45, 7) is 3.59. The molecule has 0 heterocycles. The van der Waals surface area contributed by atoms with Crippen LogP contribution >= 0.6 is 0 Å². The van der Waals surface area contributed by atoms with Gasteiger partial charge in [-0.1, -0.05) is 44.2 Å². The van der Waals surface area contributed by atoms with E-state index < -0.39 is 30.2 Å². The van der Waals surface area contributed by atoms with Gasteiger partial charge in [0.25, 0.3) is 0 Å². The summed E-state index contributed by atoms with van der Waals surface area (Å²) < 4.78 is 14.5. The number of carbonyl (C=O) groups excluding carboxylic acids is 3. The van der Waals surface area contributed by atoms with Crippen LogP contribution in [0.25, 0.3) is 0 Å². The zero-order chi connectivity index (χ0) is 18.8. The number of alkyl carbamates (subject to hydrolysis) is 1. The first-order chi connectivity index (χ1) is 11.9. The minimum absolute atomic E-state index is 0.0853. The molecule has 138 valence electrons. The molecule has 2 N–H and O–H groups in total. The molecule has 1 aromatic rings. The number of methoxy groups -OCH3 is 2. The third kappa shape index (κ3) is 6.80. The molecule has 1 unspecified atom stereocenters. The maximum atomic E-state index is 12.3. The summed E-state index contributed by atoms with van der Waals surface area (Å²) in [4.78, 5) is 35.7. The van der Waals surface area contributed by atoms with Crippen LogP contribution in [0.2, 0.25) is 0 Å². The van der Waals surface area contributed by atoms with Gasteiger partial charge < -0.3 is 24.8 Å². The van der Waals surface area contributed by atoms with Crippen molar-refractivity contribution in [1.29, 1.82) is 0 Å². The second kappa shape index (κ2) is 10.3. The summed E-state index contributed by atoms with van der Waals surface area (Å²) in [6.07, 6.45) is -1.98. The largest absolute Gasteiger partial charge is 0.466 e. The summed E-state index contributed by atoms with van der Waals surface area (Å²) in [5.74, 6) is -1.56. The molecular formula is C17H24N2O6. The standard InChI is InChI=1S/C17H24N2O6/c1-11(2)13(14(20)19-15(23-3)16(21)24-4)18-17(22)25-10-12-8-6-5-7-9-12/h5-9,11,13,15H,10H2,1-4H3,(H,18,22)(H,19,20)/t13-,15?/m0/s1. The molecular weight excluding hydrogens is 328 g/mol. The molecule has 0 fully saturated rings. The fraction of sp³-hybridized carbons (Fsp3) is 0.471. The van der Waals surface area contributed by atoms with Gasteiger partial charge in [-0.15, -0.1) is 0 Å². The highest BCUT2D eigenvalue weighted by molar-refractivity contribution is 5.89. The van der Waals surface area contributed by atoms with E-state index in [4.69, 9.17) is 9.47 Å². The van der Waals surface area contributed by atoms with E-state index in [1.54, 1.807) is 13.8 Å². The normalized spacial score (nSPS) is 12.8. The Balaban J connectivity index is 2.61. The van der Waals surface area contributed by atoms with Gasteiger partial charge in [0, 0.05) is 7.11 Å². The molecule has 0 aliphatic carbocycles. The summed E-state index contributed by atoms with van der Waals surface area (Å²) in [7, 11) is 2.44. The molecule has 0 aromatic heterocycles. The summed E-state index contributed by atoms with van der Waals surface area (Å²) in [5, 5.41) is 4.86. The average Bonchev–Trinajstić information content (AvgIpc) is 2.62. The highest BCUT2D eigenvalue weighted by Gasteiger charge is 2.29. The summed E-state index contributed by atoms with van der Waals surface area (Å²) >= 11 is 0. The second-order valence-electron chi connectivity index (χ2n) is 5.58. The number of esters is 1. The number of benzene rings is 1. The molecule has 8 nitrogen and oxygen atoms in total. The van der Waals surface area contributed by atoms with Gasteiger partial charge in [-0.3, -0.25) is 4.79 Å². The van der Waals surface area contributed by atoms with Gasteiger partial charge in [0.15, 0.2) is 0 Å². The zero-order valence-electron chi connectivity index (χ0n) is 14.8. The topological polar surface area (TPSA) is 103 Å². The average molecular weight is 352 g/mol. The Bertz CT molecular complexity index is 576. The Kier molecular flexibility index (Phi) is 8.42. The van der Waals surface area contributed by atoms with Crippen molar-refractivity contribution in [1.82, 2.24) is 10.6 Å². The lowest BCUT2D eigenvalue weighted by atomic mass is 10.0. The van der Waals surface area contributed by atoms with Gasteiger partial charge in [-0.25, -0.2) is 9.59 Å². The molecule has 25 heavy (non-hydrogen) atoms. The molecule has 1 aromatic carbocycles. The Morgan fingerprint density at radius 2 is 1.68 bits per heavy atom. The predicted molar refractivity (Wildman–Crippen MR) is 89.3 cm³/mol. The minimum atomic E-state index is -1.25. The maximum Gasteiger partial charge on any atom is 0.408 e. The van der Waals surface area contributed by atoms with Crippen LogP contribution in [-0.4, -0.2) is 44.5 Å². The molecule has 2 atom stereocenters. The van der Waals surface area contributed by atoms with Crippen LogP contribution in [0.5, 0.6) is 0 Å². The fourth-order valence-corrected chi connectivity index (χ4v) is 1.97. The number of hydrogen-bond donors (Lipinski definition) is 2. The maximum absolute atomic E-state index is 12.3. The van der Waals surface area contributed by atoms with Gasteiger partial charge in [-0.05, 0) is 11.5 Å². The van der Waals surface area contributed by atoms with Gasteiger partial charge in [-0.2, -0.15) is 0 Å². The van der Waals surface area contributed by atoms with Crippen molar-refractivity contribution in [3.05, 3.63) is 35.9 Å². The minimum Gasteiger partial charge on any atom is -0.466 e. The second-order valence-corrected chi connectivity index (χ2v) is 5.58. The Morgan fingerprint density at radius 3 is 2.20 bits per heavy atom. The van der Waals surface area contributed by atoms with Crippen molar-refractivity contribution in [2.24, 2.45) is 5.92 Å². The fourth-order valence-electron chi connectivity index (χ4n) is 1.97. The molecule has 0 aliphatic rings. The van der Waals surface area contributed by atoms with Crippen molar-refractivity contribution >= 4 is 18.0 Å². The van der Waals surface area contributed by atoms with Crippen LogP contribution < -0.4 is 10.6 Å². The zero-order valence-corrected chi connectivity index (χ0v) is 14.8. The number of carbonyl (C=O) groups is 3. The monoisotopic (exact) mass is 352 g/mol. The van der Waals surface area contributed by atoms with E-state index in [2.05, 4.69) is 15.4 Å². The van der Waals surface area contributed by atoms with Crippen molar-refractivity contribution in [3.8, 4) is 0 Å². The van der Waals surface area contributed by atoms with Crippen LogP contribution in [0.3, 0.4) is 0 Å². The lowest BCUT2D eigenvalue weighted by molar-refractivity contribution is -0.157. The molecule has 0 bridgehead atoms. The quantitative estimate of drug-likeness (QED) is 0.538. The van der Waals surface area contributed by atoms with E-state index in [0.29, 0.717) is 0 Å². The molecule has 2 amide bonds. The molecule has 0 radical (unpaired) electrons. The van der Waals surface area contributed by atoms with E-state index >= 15 is 0 Å². The smallest absolute Gasteiger partial charge is 0.408 e.